The van der Waals surface area contributed by atoms with Gasteiger partial charge in [0, 0.05) is 26.2 Å². The van der Waals surface area contributed by atoms with E-state index in [4.69, 9.17) is 5.73 Å². The van der Waals surface area contributed by atoms with Gasteiger partial charge in [0.2, 0.25) is 11.8 Å². The first-order valence-electron chi connectivity index (χ1n) is 6.65. The highest BCUT2D eigenvalue weighted by molar-refractivity contribution is 9.10. The molecule has 0 aromatic heterocycles. The van der Waals surface area contributed by atoms with E-state index in [0.29, 0.717) is 0 Å². The number of primary amides is 1. The van der Waals surface area contributed by atoms with Gasteiger partial charge in [0.25, 0.3) is 0 Å². The molecule has 2 rings (SSSR count). The van der Waals surface area contributed by atoms with Crippen molar-refractivity contribution in [3.63, 3.8) is 0 Å². The normalized spacial score (nSPS) is 10.4. The smallest absolute Gasteiger partial charge is 0.248 e. The minimum atomic E-state index is -0.747. The highest BCUT2D eigenvalue weighted by Gasteiger charge is 2.13. The number of rotatable bonds is 5. The highest BCUT2D eigenvalue weighted by atomic mass is 79.9. The Balaban J connectivity index is 2.05. The lowest BCUT2D eigenvalue weighted by Crippen LogP contribution is -2.17. The van der Waals surface area contributed by atoms with Gasteiger partial charge in [-0.15, -0.1) is 11.8 Å². The van der Waals surface area contributed by atoms with Crippen LogP contribution in [0, 0.1) is 12.7 Å². The molecule has 0 spiro atoms. The molecule has 0 bridgehead atoms. The Morgan fingerprint density at radius 1 is 1.26 bits per heavy atom. The van der Waals surface area contributed by atoms with Crippen LogP contribution in [0.15, 0.2) is 45.8 Å². The van der Waals surface area contributed by atoms with Gasteiger partial charge in [-0.3, -0.25) is 9.59 Å². The number of thioether (sulfide) groups is 1. The van der Waals surface area contributed by atoms with Gasteiger partial charge in [-0.2, -0.15) is 0 Å². The zero-order chi connectivity index (χ0) is 17.0. The zero-order valence-electron chi connectivity index (χ0n) is 12.2. The van der Waals surface area contributed by atoms with Crippen molar-refractivity contribution >= 4 is 45.2 Å². The van der Waals surface area contributed by atoms with E-state index in [9.17, 15) is 14.0 Å². The molecule has 2 aromatic rings. The third-order valence-electron chi connectivity index (χ3n) is 3.09. The van der Waals surface area contributed by atoms with E-state index in [1.807, 2.05) is 24.3 Å². The molecule has 0 aliphatic rings. The number of hydrogen-bond donors (Lipinski definition) is 2. The number of nitrogens with one attached hydrogen (secondary N) is 1. The molecule has 0 saturated heterocycles. The number of benzene rings is 2. The van der Waals surface area contributed by atoms with Crippen LogP contribution in [-0.2, 0) is 4.79 Å². The molecular formula is C16H14BrFN2O2S. The lowest BCUT2D eigenvalue weighted by atomic mass is 10.1. The first-order valence-corrected chi connectivity index (χ1v) is 8.43. The summed E-state index contributed by atoms with van der Waals surface area (Å²) in [6, 6.07) is 9.99. The fraction of sp³-hybridized carbons (Fsp3) is 0.125. The maximum Gasteiger partial charge on any atom is 0.248 e. The van der Waals surface area contributed by atoms with Crippen LogP contribution in [0.2, 0.25) is 0 Å². The predicted octanol–water partition coefficient (Wildman–Crippen LogP) is 3.73. The topological polar surface area (TPSA) is 72.2 Å². The first-order chi connectivity index (χ1) is 10.9. The third kappa shape index (κ3) is 4.80. The number of amides is 2. The average molecular weight is 397 g/mol. The molecule has 3 N–H and O–H groups in total. The van der Waals surface area contributed by atoms with Crippen molar-refractivity contribution < 1.29 is 14.0 Å². The molecule has 7 heteroatoms. The highest BCUT2D eigenvalue weighted by Crippen LogP contribution is 2.23. The van der Waals surface area contributed by atoms with Crippen molar-refractivity contribution in [2.24, 2.45) is 5.73 Å². The van der Waals surface area contributed by atoms with Gasteiger partial charge in [0.1, 0.15) is 5.82 Å². The summed E-state index contributed by atoms with van der Waals surface area (Å²) >= 11 is 4.70. The Morgan fingerprint density at radius 2 is 1.91 bits per heavy atom. The second kappa shape index (κ2) is 7.61. The van der Waals surface area contributed by atoms with Crippen molar-refractivity contribution in [3.05, 3.63) is 57.8 Å². The number of nitrogens with two attached hydrogens (primary N) is 1. The van der Waals surface area contributed by atoms with Gasteiger partial charge in [-0.1, -0.05) is 15.9 Å². The van der Waals surface area contributed by atoms with Crippen LogP contribution >= 0.6 is 27.7 Å². The van der Waals surface area contributed by atoms with E-state index < -0.39 is 11.7 Å². The summed E-state index contributed by atoms with van der Waals surface area (Å²) in [5.41, 5.74) is 5.68. The summed E-state index contributed by atoms with van der Waals surface area (Å²) in [5, 5.41) is 2.61. The van der Waals surface area contributed by atoms with E-state index in [-0.39, 0.29) is 28.5 Å². The Kier molecular flexibility index (Phi) is 5.79. The molecular weight excluding hydrogens is 383 g/mol. The SMILES string of the molecule is Cc1c(F)cc(C(N)=O)cc1NC(=O)CSc1ccc(Br)cc1. The summed E-state index contributed by atoms with van der Waals surface area (Å²) in [6.07, 6.45) is 0. The number of anilines is 1. The van der Waals surface area contributed by atoms with Gasteiger partial charge < -0.3 is 11.1 Å². The molecule has 0 unspecified atom stereocenters. The fourth-order valence-electron chi connectivity index (χ4n) is 1.82. The molecule has 0 aliphatic carbocycles. The van der Waals surface area contributed by atoms with E-state index >= 15 is 0 Å². The molecule has 2 aromatic carbocycles. The Morgan fingerprint density at radius 3 is 2.52 bits per heavy atom. The van der Waals surface area contributed by atoms with Gasteiger partial charge in [-0.05, 0) is 43.3 Å². The van der Waals surface area contributed by atoms with E-state index in [1.54, 1.807) is 0 Å². The monoisotopic (exact) mass is 396 g/mol. The summed E-state index contributed by atoms with van der Waals surface area (Å²) in [6.45, 7) is 1.53. The second-order valence-corrected chi connectivity index (χ2v) is 6.75. The first kappa shape index (κ1) is 17.5. The van der Waals surface area contributed by atoms with Crippen LogP contribution in [-0.4, -0.2) is 17.6 Å². The lowest BCUT2D eigenvalue weighted by Gasteiger charge is -2.10. The zero-order valence-corrected chi connectivity index (χ0v) is 14.6. The summed E-state index contributed by atoms with van der Waals surface area (Å²) in [7, 11) is 0. The fourth-order valence-corrected chi connectivity index (χ4v) is 2.78. The molecule has 0 fully saturated rings. The molecule has 23 heavy (non-hydrogen) atoms. The van der Waals surface area contributed by atoms with Crippen LogP contribution in [0.5, 0.6) is 0 Å². The van der Waals surface area contributed by atoms with Crippen LogP contribution in [0.25, 0.3) is 0 Å². The number of carbonyl (C=O) groups is 2. The third-order valence-corrected chi connectivity index (χ3v) is 4.63. The van der Waals surface area contributed by atoms with Crippen molar-refractivity contribution in [2.75, 3.05) is 11.1 Å². The van der Waals surface area contributed by atoms with Crippen molar-refractivity contribution in [3.8, 4) is 0 Å². The molecule has 0 saturated carbocycles. The minimum Gasteiger partial charge on any atom is -0.366 e. The van der Waals surface area contributed by atoms with Crippen LogP contribution < -0.4 is 11.1 Å². The maximum absolute atomic E-state index is 13.8. The Bertz CT molecular complexity index is 750. The van der Waals surface area contributed by atoms with Crippen LogP contribution in [0.1, 0.15) is 15.9 Å². The summed E-state index contributed by atoms with van der Waals surface area (Å²) < 4.78 is 14.7. The van der Waals surface area contributed by atoms with Gasteiger partial charge in [0.15, 0.2) is 0 Å². The quantitative estimate of drug-likeness (QED) is 0.756. The second-order valence-electron chi connectivity index (χ2n) is 4.79. The van der Waals surface area contributed by atoms with Crippen molar-refractivity contribution in [1.82, 2.24) is 0 Å². The lowest BCUT2D eigenvalue weighted by molar-refractivity contribution is -0.113. The van der Waals surface area contributed by atoms with Crippen LogP contribution in [0.3, 0.4) is 0 Å². The van der Waals surface area contributed by atoms with Gasteiger partial charge >= 0.3 is 0 Å². The molecule has 0 radical (unpaired) electrons. The van der Waals surface area contributed by atoms with E-state index in [2.05, 4.69) is 21.2 Å². The van der Waals surface area contributed by atoms with E-state index in [1.165, 1.54) is 24.8 Å². The van der Waals surface area contributed by atoms with Crippen molar-refractivity contribution in [2.45, 2.75) is 11.8 Å². The molecule has 120 valence electrons. The maximum atomic E-state index is 13.8. The van der Waals surface area contributed by atoms with Crippen molar-refractivity contribution in [1.29, 1.82) is 0 Å². The van der Waals surface area contributed by atoms with Crippen LogP contribution in [0.4, 0.5) is 10.1 Å². The standard InChI is InChI=1S/C16H14BrFN2O2S/c1-9-13(18)6-10(16(19)22)7-14(9)20-15(21)8-23-12-4-2-11(17)3-5-12/h2-7H,8H2,1H3,(H2,19,22)(H,20,21). The number of hydrogen-bond acceptors (Lipinski definition) is 3. The van der Waals surface area contributed by atoms with Gasteiger partial charge in [-0.25, -0.2) is 4.39 Å². The minimum absolute atomic E-state index is 0.0176. The Labute approximate surface area is 145 Å². The molecule has 0 heterocycles. The summed E-state index contributed by atoms with van der Waals surface area (Å²) in [5.74, 6) is -1.45. The molecule has 0 aliphatic heterocycles. The van der Waals surface area contributed by atoms with Gasteiger partial charge in [0.05, 0.1) is 5.75 Å². The number of carbonyl (C=O) groups excluding carboxylic acids is 2. The predicted molar refractivity (Wildman–Crippen MR) is 93.2 cm³/mol. The van der Waals surface area contributed by atoms with E-state index in [0.717, 1.165) is 15.4 Å². The average Bonchev–Trinajstić information content (AvgIpc) is 2.51. The Hall–Kier alpha value is -1.86. The molecule has 4 nitrogen and oxygen atoms in total. The summed E-state index contributed by atoms with van der Waals surface area (Å²) in [4.78, 5) is 24.1. The molecule has 0 atom stereocenters. The number of halogens is 2. The largest absolute Gasteiger partial charge is 0.366 e. The molecule has 2 amide bonds.